The van der Waals surface area contributed by atoms with Crippen LogP contribution in [0.5, 0.6) is 5.75 Å². The van der Waals surface area contributed by atoms with Crippen LogP contribution in [-0.2, 0) is 13.0 Å². The maximum Gasteiger partial charge on any atom is 0.126 e. The summed E-state index contributed by atoms with van der Waals surface area (Å²) in [4.78, 5) is 5.85. The van der Waals surface area contributed by atoms with Crippen LogP contribution in [0.2, 0.25) is 0 Å². The SMILES string of the molecule is CCc1cnc(CNC2CCCOc3c(C)cccc32)s1. The molecular formula is C17H22N2OS. The molecule has 0 saturated carbocycles. The van der Waals surface area contributed by atoms with Gasteiger partial charge in [-0.15, -0.1) is 11.3 Å². The standard InChI is InChI=1S/C17H22N2OS/c1-3-13-10-19-16(21-13)11-18-15-8-5-9-20-17-12(2)6-4-7-14(15)17/h4,6-7,10,15,18H,3,5,8-9,11H2,1-2H3. The molecule has 1 atom stereocenters. The summed E-state index contributed by atoms with van der Waals surface area (Å²) in [5, 5.41) is 4.84. The van der Waals surface area contributed by atoms with Gasteiger partial charge in [-0.3, -0.25) is 0 Å². The normalized spacial score (nSPS) is 17.9. The summed E-state index contributed by atoms with van der Waals surface area (Å²) < 4.78 is 5.93. The van der Waals surface area contributed by atoms with Gasteiger partial charge < -0.3 is 10.1 Å². The van der Waals surface area contributed by atoms with E-state index in [0.29, 0.717) is 6.04 Å². The Balaban J connectivity index is 1.75. The molecule has 0 saturated heterocycles. The first kappa shape index (κ1) is 14.5. The van der Waals surface area contributed by atoms with Gasteiger partial charge in [0.2, 0.25) is 0 Å². The fourth-order valence-corrected chi connectivity index (χ4v) is 3.59. The summed E-state index contributed by atoms with van der Waals surface area (Å²) in [6, 6.07) is 6.78. The lowest BCUT2D eigenvalue weighted by molar-refractivity contribution is 0.313. The van der Waals surface area contributed by atoms with Crippen LogP contribution in [0, 0.1) is 6.92 Å². The third-order valence-electron chi connectivity index (χ3n) is 3.95. The molecule has 21 heavy (non-hydrogen) atoms. The van der Waals surface area contributed by atoms with Crippen molar-refractivity contribution in [1.82, 2.24) is 10.3 Å². The number of nitrogens with zero attached hydrogens (tertiary/aromatic N) is 1. The lowest BCUT2D eigenvalue weighted by Gasteiger charge is -2.18. The lowest BCUT2D eigenvalue weighted by atomic mass is 10.00. The minimum atomic E-state index is 0.358. The highest BCUT2D eigenvalue weighted by atomic mass is 32.1. The Hall–Kier alpha value is -1.39. The zero-order chi connectivity index (χ0) is 14.7. The van der Waals surface area contributed by atoms with Crippen molar-refractivity contribution in [3.05, 3.63) is 45.4 Å². The number of thiazole rings is 1. The minimum Gasteiger partial charge on any atom is -0.493 e. The van der Waals surface area contributed by atoms with Gasteiger partial charge in [0, 0.05) is 29.2 Å². The highest BCUT2D eigenvalue weighted by molar-refractivity contribution is 7.11. The molecule has 0 bridgehead atoms. The van der Waals surface area contributed by atoms with E-state index in [9.17, 15) is 0 Å². The van der Waals surface area contributed by atoms with E-state index < -0.39 is 0 Å². The number of benzene rings is 1. The number of hydrogen-bond acceptors (Lipinski definition) is 4. The average molecular weight is 302 g/mol. The van der Waals surface area contributed by atoms with E-state index in [1.165, 1.54) is 21.0 Å². The monoisotopic (exact) mass is 302 g/mol. The molecule has 0 aliphatic carbocycles. The average Bonchev–Trinajstić information content (AvgIpc) is 2.86. The molecule has 2 aromatic rings. The fourth-order valence-electron chi connectivity index (χ4n) is 2.78. The van der Waals surface area contributed by atoms with Crippen molar-refractivity contribution in [2.45, 2.75) is 45.7 Å². The van der Waals surface area contributed by atoms with Gasteiger partial charge in [-0.2, -0.15) is 0 Å². The van der Waals surface area contributed by atoms with E-state index in [4.69, 9.17) is 4.74 Å². The number of hydrogen-bond donors (Lipinski definition) is 1. The van der Waals surface area contributed by atoms with E-state index in [1.807, 2.05) is 6.20 Å². The zero-order valence-electron chi connectivity index (χ0n) is 12.7. The van der Waals surface area contributed by atoms with Crippen LogP contribution in [-0.4, -0.2) is 11.6 Å². The second kappa shape index (κ2) is 6.58. The van der Waals surface area contributed by atoms with Crippen LogP contribution in [0.3, 0.4) is 0 Å². The van der Waals surface area contributed by atoms with E-state index in [1.54, 1.807) is 11.3 Å². The van der Waals surface area contributed by atoms with Crippen LogP contribution < -0.4 is 10.1 Å². The number of ether oxygens (including phenoxy) is 1. The Bertz CT molecular complexity index is 609. The van der Waals surface area contributed by atoms with Gasteiger partial charge in [-0.05, 0) is 31.7 Å². The number of fused-ring (bicyclic) bond motifs is 1. The number of aryl methyl sites for hydroxylation is 2. The van der Waals surface area contributed by atoms with E-state index in [2.05, 4.69) is 42.3 Å². The Morgan fingerprint density at radius 3 is 3.14 bits per heavy atom. The van der Waals surface area contributed by atoms with E-state index in [-0.39, 0.29) is 0 Å². The predicted octanol–water partition coefficient (Wildman–Crippen LogP) is 4.02. The number of aromatic nitrogens is 1. The number of nitrogens with one attached hydrogen (secondary N) is 1. The summed E-state index contributed by atoms with van der Waals surface area (Å²) in [5.41, 5.74) is 2.52. The predicted molar refractivity (Wildman–Crippen MR) is 87.0 cm³/mol. The first-order chi connectivity index (χ1) is 10.3. The molecule has 0 spiro atoms. The van der Waals surface area contributed by atoms with Gasteiger partial charge in [-0.1, -0.05) is 25.1 Å². The molecule has 1 aliphatic heterocycles. The van der Waals surface area contributed by atoms with Gasteiger partial charge in [0.25, 0.3) is 0 Å². The van der Waals surface area contributed by atoms with Gasteiger partial charge in [0.1, 0.15) is 10.8 Å². The smallest absolute Gasteiger partial charge is 0.126 e. The Morgan fingerprint density at radius 2 is 2.33 bits per heavy atom. The van der Waals surface area contributed by atoms with Gasteiger partial charge in [0.15, 0.2) is 0 Å². The molecule has 1 aliphatic rings. The van der Waals surface area contributed by atoms with E-state index >= 15 is 0 Å². The second-order valence-electron chi connectivity index (χ2n) is 5.49. The van der Waals surface area contributed by atoms with Gasteiger partial charge in [-0.25, -0.2) is 4.98 Å². The molecule has 1 aromatic heterocycles. The third kappa shape index (κ3) is 3.27. The minimum absolute atomic E-state index is 0.358. The Labute approximate surface area is 130 Å². The van der Waals surface area contributed by atoms with Crippen LogP contribution in [0.15, 0.2) is 24.4 Å². The molecule has 0 radical (unpaired) electrons. The van der Waals surface area contributed by atoms with Crippen LogP contribution in [0.25, 0.3) is 0 Å². The maximum absolute atomic E-state index is 5.93. The Morgan fingerprint density at radius 1 is 1.43 bits per heavy atom. The highest BCUT2D eigenvalue weighted by Gasteiger charge is 2.20. The van der Waals surface area contributed by atoms with Crippen molar-refractivity contribution < 1.29 is 4.74 Å². The Kier molecular flexibility index (Phi) is 4.56. The van der Waals surface area contributed by atoms with E-state index in [0.717, 1.165) is 38.2 Å². The molecule has 0 amide bonds. The molecule has 0 fully saturated rings. The van der Waals surface area contributed by atoms with Crippen molar-refractivity contribution in [3.8, 4) is 5.75 Å². The third-order valence-corrected chi connectivity index (χ3v) is 5.09. The van der Waals surface area contributed by atoms with Crippen LogP contribution in [0.1, 0.15) is 46.8 Å². The zero-order valence-corrected chi connectivity index (χ0v) is 13.5. The second-order valence-corrected chi connectivity index (χ2v) is 6.69. The quantitative estimate of drug-likeness (QED) is 0.926. The molecule has 3 nitrogen and oxygen atoms in total. The van der Waals surface area contributed by atoms with Crippen LogP contribution >= 0.6 is 11.3 Å². The molecule has 1 aromatic carbocycles. The van der Waals surface area contributed by atoms with Crippen LogP contribution in [0.4, 0.5) is 0 Å². The topological polar surface area (TPSA) is 34.2 Å². The molecule has 2 heterocycles. The fraction of sp³-hybridized carbons (Fsp3) is 0.471. The maximum atomic E-state index is 5.93. The number of para-hydroxylation sites is 1. The van der Waals surface area contributed by atoms with Crippen molar-refractivity contribution in [2.24, 2.45) is 0 Å². The first-order valence-corrected chi connectivity index (χ1v) is 8.49. The summed E-state index contributed by atoms with van der Waals surface area (Å²) >= 11 is 1.81. The first-order valence-electron chi connectivity index (χ1n) is 7.67. The summed E-state index contributed by atoms with van der Waals surface area (Å²) in [6.45, 7) is 5.94. The summed E-state index contributed by atoms with van der Waals surface area (Å²) in [6.07, 6.45) is 5.26. The molecule has 3 rings (SSSR count). The summed E-state index contributed by atoms with van der Waals surface area (Å²) in [7, 11) is 0. The molecule has 1 unspecified atom stereocenters. The molecule has 4 heteroatoms. The molecule has 112 valence electrons. The summed E-state index contributed by atoms with van der Waals surface area (Å²) in [5.74, 6) is 1.07. The lowest BCUT2D eigenvalue weighted by Crippen LogP contribution is -2.20. The molecular weight excluding hydrogens is 280 g/mol. The van der Waals surface area contributed by atoms with Crippen molar-refractivity contribution in [2.75, 3.05) is 6.61 Å². The largest absolute Gasteiger partial charge is 0.493 e. The van der Waals surface area contributed by atoms with Crippen molar-refractivity contribution >= 4 is 11.3 Å². The molecule has 1 N–H and O–H groups in total. The number of rotatable bonds is 4. The van der Waals surface area contributed by atoms with Crippen molar-refractivity contribution in [3.63, 3.8) is 0 Å². The van der Waals surface area contributed by atoms with Gasteiger partial charge >= 0.3 is 0 Å². The van der Waals surface area contributed by atoms with Crippen molar-refractivity contribution in [1.29, 1.82) is 0 Å². The van der Waals surface area contributed by atoms with Gasteiger partial charge in [0.05, 0.1) is 6.61 Å². The highest BCUT2D eigenvalue weighted by Crippen LogP contribution is 2.34.